The minimum atomic E-state index is -1.05. The van der Waals surface area contributed by atoms with Crippen LogP contribution in [0.3, 0.4) is 0 Å². The number of benzene rings is 1. The number of hydrogen-bond donors (Lipinski definition) is 2. The zero-order valence-corrected chi connectivity index (χ0v) is 15.3. The number of rotatable bonds is 8. The molecule has 1 aromatic rings. The minimum absolute atomic E-state index is 0.126. The number of carboxylic acids is 1. The first kappa shape index (κ1) is 18.9. The number of amides is 1. The van der Waals surface area contributed by atoms with Crippen LogP contribution in [0.5, 0.6) is 0 Å². The summed E-state index contributed by atoms with van der Waals surface area (Å²) >= 11 is 3.57. The van der Waals surface area contributed by atoms with Crippen molar-refractivity contribution in [2.24, 2.45) is 0 Å². The van der Waals surface area contributed by atoms with Gasteiger partial charge in [0.1, 0.15) is 6.54 Å². The van der Waals surface area contributed by atoms with Crippen molar-refractivity contribution in [3.8, 4) is 0 Å². The van der Waals surface area contributed by atoms with Crippen LogP contribution in [0.25, 0.3) is 0 Å². The lowest BCUT2D eigenvalue weighted by Gasteiger charge is -2.25. The van der Waals surface area contributed by atoms with E-state index in [0.717, 1.165) is 35.0 Å². The van der Waals surface area contributed by atoms with E-state index in [9.17, 15) is 9.59 Å². The van der Waals surface area contributed by atoms with E-state index >= 15 is 0 Å². The number of nitrogens with one attached hydrogen (secondary N) is 1. The molecule has 1 unspecified atom stereocenters. The molecule has 0 saturated carbocycles. The van der Waals surface area contributed by atoms with Gasteiger partial charge in [0.05, 0.1) is 12.6 Å². The third-order valence-corrected chi connectivity index (χ3v) is 4.63. The number of hydrogen-bond acceptors (Lipinski definition) is 4. The maximum absolute atomic E-state index is 12.0. The fourth-order valence-electron chi connectivity index (χ4n) is 2.72. The topological polar surface area (TPSA) is 78.9 Å². The molecule has 0 radical (unpaired) electrons. The molecule has 0 spiro atoms. The molecule has 7 heteroatoms. The third-order valence-electron chi connectivity index (χ3n) is 3.89. The molecule has 1 aliphatic heterocycles. The molecule has 1 amide bonds. The number of halogens is 1. The maximum Gasteiger partial charge on any atom is 0.322 e. The van der Waals surface area contributed by atoms with Crippen molar-refractivity contribution in [3.05, 3.63) is 33.8 Å². The van der Waals surface area contributed by atoms with Gasteiger partial charge < -0.3 is 15.2 Å². The van der Waals surface area contributed by atoms with E-state index in [-0.39, 0.29) is 25.1 Å². The molecule has 1 saturated heterocycles. The minimum Gasteiger partial charge on any atom is -0.480 e. The van der Waals surface area contributed by atoms with E-state index in [1.807, 2.05) is 30.0 Å². The van der Waals surface area contributed by atoms with Crippen LogP contribution in [0.15, 0.2) is 22.7 Å². The van der Waals surface area contributed by atoms with Crippen molar-refractivity contribution >= 4 is 27.8 Å². The summed E-state index contributed by atoms with van der Waals surface area (Å²) in [6, 6.07) is 6.12. The van der Waals surface area contributed by atoms with Gasteiger partial charge in [-0.3, -0.25) is 14.5 Å². The van der Waals surface area contributed by atoms with Crippen LogP contribution in [0.4, 0.5) is 0 Å². The van der Waals surface area contributed by atoms with E-state index in [0.29, 0.717) is 13.1 Å². The highest BCUT2D eigenvalue weighted by Gasteiger charge is 2.21. The van der Waals surface area contributed by atoms with Crippen molar-refractivity contribution < 1.29 is 19.4 Å². The lowest BCUT2D eigenvalue weighted by atomic mass is 10.1. The second-order valence-corrected chi connectivity index (χ2v) is 6.92. The van der Waals surface area contributed by atoms with E-state index < -0.39 is 5.97 Å². The Kier molecular flexibility index (Phi) is 7.20. The quantitative estimate of drug-likeness (QED) is 0.699. The lowest BCUT2D eigenvalue weighted by molar-refractivity contribution is -0.138. The highest BCUT2D eigenvalue weighted by molar-refractivity contribution is 9.10. The first-order valence-corrected chi connectivity index (χ1v) is 8.81. The Morgan fingerprint density at radius 1 is 1.46 bits per heavy atom. The standard InChI is InChI=1S/C17H23BrN2O4/c1-12-4-5-13(15(18)7-12)9-20(10-14-3-2-6-24-14)11-16(21)19-8-17(22)23/h4-5,7,14H,2-3,6,8-11H2,1H3,(H,19,21)(H,22,23). The highest BCUT2D eigenvalue weighted by atomic mass is 79.9. The summed E-state index contributed by atoms with van der Waals surface area (Å²) in [5, 5.41) is 11.1. The Morgan fingerprint density at radius 2 is 2.25 bits per heavy atom. The predicted octanol–water partition coefficient (Wildman–Crippen LogP) is 1.94. The number of carboxylic acid groups (broad SMARTS) is 1. The number of ether oxygens (including phenoxy) is 1. The van der Waals surface area contributed by atoms with Gasteiger partial charge in [0, 0.05) is 24.2 Å². The van der Waals surface area contributed by atoms with E-state index in [1.165, 1.54) is 0 Å². The predicted molar refractivity (Wildman–Crippen MR) is 93.8 cm³/mol. The number of carbonyl (C=O) groups is 2. The van der Waals surface area contributed by atoms with E-state index in [1.54, 1.807) is 0 Å². The van der Waals surface area contributed by atoms with Crippen LogP contribution in [0.2, 0.25) is 0 Å². The van der Waals surface area contributed by atoms with Crippen LogP contribution in [0, 0.1) is 6.92 Å². The van der Waals surface area contributed by atoms with Gasteiger partial charge in [0.2, 0.25) is 5.91 Å². The summed E-state index contributed by atoms with van der Waals surface area (Å²) in [5.74, 6) is -1.34. The molecule has 1 aromatic carbocycles. The largest absolute Gasteiger partial charge is 0.480 e. The van der Waals surface area contributed by atoms with Crippen LogP contribution in [-0.4, -0.2) is 54.2 Å². The van der Waals surface area contributed by atoms with Gasteiger partial charge in [-0.2, -0.15) is 0 Å². The Hall–Kier alpha value is -1.44. The molecule has 0 bridgehead atoms. The van der Waals surface area contributed by atoms with Crippen molar-refractivity contribution in [2.75, 3.05) is 26.2 Å². The maximum atomic E-state index is 12.0. The summed E-state index contributed by atoms with van der Waals surface area (Å²) in [5.41, 5.74) is 2.25. The second-order valence-electron chi connectivity index (χ2n) is 6.07. The molecule has 6 nitrogen and oxygen atoms in total. The molecular weight excluding hydrogens is 376 g/mol. The molecule has 0 aromatic heterocycles. The summed E-state index contributed by atoms with van der Waals surface area (Å²) in [4.78, 5) is 24.6. The van der Waals surface area contributed by atoms with Crippen molar-refractivity contribution in [3.63, 3.8) is 0 Å². The Labute approximate surface area is 150 Å². The monoisotopic (exact) mass is 398 g/mol. The van der Waals surface area contributed by atoms with Crippen molar-refractivity contribution in [2.45, 2.75) is 32.4 Å². The Balaban J connectivity index is 2.00. The molecule has 0 aliphatic carbocycles. The van der Waals surface area contributed by atoms with Crippen LogP contribution in [0.1, 0.15) is 24.0 Å². The second kappa shape index (κ2) is 9.15. The molecule has 2 N–H and O–H groups in total. The van der Waals surface area contributed by atoms with Crippen molar-refractivity contribution in [1.29, 1.82) is 0 Å². The first-order chi connectivity index (χ1) is 11.4. The molecule has 132 valence electrons. The molecular formula is C17H23BrN2O4. The summed E-state index contributed by atoms with van der Waals surface area (Å²) in [6.07, 6.45) is 2.15. The lowest BCUT2D eigenvalue weighted by Crippen LogP contribution is -2.41. The molecule has 1 heterocycles. The van der Waals surface area contributed by atoms with Gasteiger partial charge in [-0.1, -0.05) is 28.1 Å². The molecule has 1 atom stereocenters. The Bertz CT molecular complexity index is 588. The van der Waals surface area contributed by atoms with Gasteiger partial charge in [-0.15, -0.1) is 0 Å². The molecule has 1 aliphatic rings. The van der Waals surface area contributed by atoms with Crippen LogP contribution < -0.4 is 5.32 Å². The van der Waals surface area contributed by atoms with Crippen molar-refractivity contribution in [1.82, 2.24) is 10.2 Å². The number of aliphatic carboxylic acids is 1. The summed E-state index contributed by atoms with van der Waals surface area (Å²) in [7, 11) is 0. The zero-order chi connectivity index (χ0) is 17.5. The normalized spacial score (nSPS) is 17.2. The van der Waals surface area contributed by atoms with Crippen LogP contribution >= 0.6 is 15.9 Å². The molecule has 1 fully saturated rings. The van der Waals surface area contributed by atoms with E-state index in [4.69, 9.17) is 9.84 Å². The van der Waals surface area contributed by atoms with Gasteiger partial charge in [0.25, 0.3) is 0 Å². The van der Waals surface area contributed by atoms with Gasteiger partial charge in [-0.05, 0) is 37.0 Å². The average molecular weight is 399 g/mol. The summed E-state index contributed by atoms with van der Waals surface area (Å²) < 4.78 is 6.68. The number of carbonyl (C=O) groups excluding carboxylic acids is 1. The third kappa shape index (κ3) is 6.22. The molecule has 2 rings (SSSR count). The fourth-order valence-corrected chi connectivity index (χ4v) is 3.33. The zero-order valence-electron chi connectivity index (χ0n) is 13.8. The van der Waals surface area contributed by atoms with Gasteiger partial charge in [0.15, 0.2) is 0 Å². The van der Waals surface area contributed by atoms with Gasteiger partial charge in [-0.25, -0.2) is 0 Å². The number of nitrogens with zero attached hydrogens (tertiary/aromatic N) is 1. The smallest absolute Gasteiger partial charge is 0.322 e. The van der Waals surface area contributed by atoms with E-state index in [2.05, 4.69) is 21.2 Å². The Morgan fingerprint density at radius 3 is 2.88 bits per heavy atom. The first-order valence-electron chi connectivity index (χ1n) is 8.01. The van der Waals surface area contributed by atoms with Gasteiger partial charge >= 0.3 is 5.97 Å². The fraction of sp³-hybridized carbons (Fsp3) is 0.529. The molecule has 24 heavy (non-hydrogen) atoms. The SMILES string of the molecule is Cc1ccc(CN(CC(=O)NCC(=O)O)CC2CCCO2)c(Br)c1. The average Bonchev–Trinajstić information content (AvgIpc) is 3.01. The summed E-state index contributed by atoms with van der Waals surface area (Å²) in [6.45, 7) is 3.83. The van der Waals surface area contributed by atoms with Crippen LogP contribution in [-0.2, 0) is 20.9 Å². The number of aryl methyl sites for hydroxylation is 1. The highest BCUT2D eigenvalue weighted by Crippen LogP contribution is 2.21.